The second kappa shape index (κ2) is 10.4. The lowest BCUT2D eigenvalue weighted by Gasteiger charge is -2.36. The molecular formula is C29H30N2O8. The molecule has 2 heterocycles. The number of fused-ring (bicyclic) bond motifs is 1. The average molecular weight is 535 g/mol. The van der Waals surface area contributed by atoms with E-state index in [9.17, 15) is 19.7 Å². The number of carbonyl (C=O) groups excluding carboxylic acids is 2. The Hall–Kier alpha value is -4.34. The van der Waals surface area contributed by atoms with Crippen molar-refractivity contribution in [2.75, 3.05) is 13.9 Å². The van der Waals surface area contributed by atoms with Gasteiger partial charge in [0.2, 0.25) is 6.79 Å². The number of hydrogen-bond acceptors (Lipinski definition) is 9. The number of nitro benzene ring substituents is 1. The van der Waals surface area contributed by atoms with E-state index in [1.807, 2.05) is 31.2 Å². The van der Waals surface area contributed by atoms with Gasteiger partial charge >= 0.3 is 5.97 Å². The van der Waals surface area contributed by atoms with Crippen molar-refractivity contribution in [1.29, 1.82) is 0 Å². The number of ketones is 1. The van der Waals surface area contributed by atoms with Gasteiger partial charge in [0.25, 0.3) is 5.69 Å². The van der Waals surface area contributed by atoms with Gasteiger partial charge in [-0.2, -0.15) is 0 Å². The minimum atomic E-state index is -1.00. The predicted molar refractivity (Wildman–Crippen MR) is 141 cm³/mol. The van der Waals surface area contributed by atoms with Crippen molar-refractivity contribution in [2.45, 2.75) is 58.0 Å². The molecule has 10 heteroatoms. The Labute approximate surface area is 225 Å². The number of rotatable bonds is 7. The molecule has 0 amide bonds. The van der Waals surface area contributed by atoms with Crippen molar-refractivity contribution in [3.05, 3.63) is 80.2 Å². The molecule has 3 atom stereocenters. The van der Waals surface area contributed by atoms with Crippen LogP contribution in [0.25, 0.3) is 0 Å². The highest BCUT2D eigenvalue weighted by atomic mass is 16.7. The number of Topliss-reactive ketones (excluding diaryl/α,β-unsaturated/α-hetero) is 1. The van der Waals surface area contributed by atoms with E-state index < -0.39 is 16.8 Å². The van der Waals surface area contributed by atoms with Crippen LogP contribution in [-0.2, 0) is 14.3 Å². The molecule has 5 rings (SSSR count). The van der Waals surface area contributed by atoms with E-state index >= 15 is 0 Å². The van der Waals surface area contributed by atoms with Crippen LogP contribution >= 0.6 is 0 Å². The fourth-order valence-electron chi connectivity index (χ4n) is 5.40. The van der Waals surface area contributed by atoms with Crippen LogP contribution in [0.2, 0.25) is 0 Å². The van der Waals surface area contributed by atoms with Gasteiger partial charge in [0.15, 0.2) is 17.3 Å². The Balaban J connectivity index is 1.64. The molecule has 2 aliphatic heterocycles. The summed E-state index contributed by atoms with van der Waals surface area (Å²) in [5.41, 5.74) is 2.54. The molecule has 1 aliphatic carbocycles. The molecule has 0 saturated carbocycles. The standard InChI is InChI=1S/C29H30N2O8/c1-5-15(2)39-29(33)26-16(3)30-21-10-18(17-6-8-19(36-4)9-7-17)11-23(32)28(21)27(26)20-12-24-25(38-14-37-24)13-22(20)31(34)35/h6-9,12-13,15,18,27,30H,5,10-11,14H2,1-4H3/t15-,18-,27-/m1/s1. The zero-order chi connectivity index (χ0) is 27.8. The highest BCUT2D eigenvalue weighted by Gasteiger charge is 2.44. The molecule has 0 radical (unpaired) electrons. The van der Waals surface area contributed by atoms with Crippen LogP contribution in [0.4, 0.5) is 5.69 Å². The van der Waals surface area contributed by atoms with Gasteiger partial charge in [-0.05, 0) is 56.4 Å². The van der Waals surface area contributed by atoms with E-state index in [2.05, 4.69) is 5.32 Å². The van der Waals surface area contributed by atoms with Crippen LogP contribution in [0.1, 0.15) is 63.0 Å². The molecule has 0 spiro atoms. The SMILES string of the molecule is CC[C@@H](C)OC(=O)C1=C(C)NC2=C(C(=O)C[C@H](c3ccc(OC)cc3)C2)[C@@H]1c1cc2c(cc1[N+](=O)[O-])OCO2. The number of dihydropyridines is 1. The smallest absolute Gasteiger partial charge is 0.337 e. The summed E-state index contributed by atoms with van der Waals surface area (Å²) in [7, 11) is 1.59. The largest absolute Gasteiger partial charge is 0.497 e. The first-order valence-electron chi connectivity index (χ1n) is 12.9. The number of allylic oxidation sites excluding steroid dienone is 3. The van der Waals surface area contributed by atoms with E-state index in [1.54, 1.807) is 21.0 Å². The van der Waals surface area contributed by atoms with E-state index in [0.717, 1.165) is 11.3 Å². The maximum Gasteiger partial charge on any atom is 0.337 e. The molecule has 0 unspecified atom stereocenters. The van der Waals surface area contributed by atoms with Crippen LogP contribution < -0.4 is 19.5 Å². The number of nitrogens with zero attached hydrogens (tertiary/aromatic N) is 1. The number of nitro groups is 1. The molecule has 10 nitrogen and oxygen atoms in total. The highest BCUT2D eigenvalue weighted by molar-refractivity contribution is 6.04. The average Bonchev–Trinajstić information content (AvgIpc) is 3.39. The van der Waals surface area contributed by atoms with E-state index in [4.69, 9.17) is 18.9 Å². The van der Waals surface area contributed by atoms with Crippen molar-refractivity contribution in [3.8, 4) is 17.2 Å². The number of nitrogens with one attached hydrogen (secondary N) is 1. The fraction of sp³-hybridized carbons (Fsp3) is 0.379. The van der Waals surface area contributed by atoms with Crippen molar-refractivity contribution < 1.29 is 33.5 Å². The third-order valence-electron chi connectivity index (χ3n) is 7.55. The minimum Gasteiger partial charge on any atom is -0.497 e. The summed E-state index contributed by atoms with van der Waals surface area (Å²) in [6.07, 6.45) is 0.903. The summed E-state index contributed by atoms with van der Waals surface area (Å²) in [4.78, 5) is 39.1. The number of methoxy groups -OCH3 is 1. The maximum absolute atomic E-state index is 13.9. The van der Waals surface area contributed by atoms with Gasteiger partial charge in [-0.25, -0.2) is 4.79 Å². The van der Waals surface area contributed by atoms with Gasteiger partial charge < -0.3 is 24.3 Å². The number of ether oxygens (including phenoxy) is 4. The fourth-order valence-corrected chi connectivity index (χ4v) is 5.40. The molecule has 0 aromatic heterocycles. The number of hydrogen-bond donors (Lipinski definition) is 1. The zero-order valence-corrected chi connectivity index (χ0v) is 22.2. The Kier molecular flexibility index (Phi) is 7.03. The molecule has 1 N–H and O–H groups in total. The molecule has 0 saturated heterocycles. The molecule has 2 aromatic carbocycles. The monoisotopic (exact) mass is 534 g/mol. The first-order chi connectivity index (χ1) is 18.7. The van der Waals surface area contributed by atoms with Crippen molar-refractivity contribution in [1.82, 2.24) is 5.32 Å². The van der Waals surface area contributed by atoms with Gasteiger partial charge in [0.1, 0.15) is 5.75 Å². The van der Waals surface area contributed by atoms with E-state index in [0.29, 0.717) is 35.6 Å². The van der Waals surface area contributed by atoms with Gasteiger partial charge in [-0.3, -0.25) is 14.9 Å². The maximum atomic E-state index is 13.9. The Bertz CT molecular complexity index is 1410. The van der Waals surface area contributed by atoms with E-state index in [1.165, 1.54) is 12.1 Å². The third kappa shape index (κ3) is 4.82. The molecule has 39 heavy (non-hydrogen) atoms. The summed E-state index contributed by atoms with van der Waals surface area (Å²) >= 11 is 0. The van der Waals surface area contributed by atoms with Gasteiger partial charge in [-0.15, -0.1) is 0 Å². The Morgan fingerprint density at radius 1 is 1.18 bits per heavy atom. The predicted octanol–water partition coefficient (Wildman–Crippen LogP) is 5.04. The third-order valence-corrected chi connectivity index (χ3v) is 7.55. The molecular weight excluding hydrogens is 504 g/mol. The second-order valence-electron chi connectivity index (χ2n) is 9.94. The van der Waals surface area contributed by atoms with Crippen LogP contribution in [0.5, 0.6) is 17.2 Å². The number of benzene rings is 2. The Morgan fingerprint density at radius 2 is 1.87 bits per heavy atom. The van der Waals surface area contributed by atoms with Gasteiger partial charge in [0, 0.05) is 29.0 Å². The lowest BCUT2D eigenvalue weighted by molar-refractivity contribution is -0.385. The quantitative estimate of drug-likeness (QED) is 0.295. The van der Waals surface area contributed by atoms with E-state index in [-0.39, 0.29) is 53.6 Å². The molecule has 204 valence electrons. The summed E-state index contributed by atoms with van der Waals surface area (Å²) in [6.45, 7) is 5.32. The highest BCUT2D eigenvalue weighted by Crippen LogP contribution is 2.50. The number of carbonyl (C=O) groups is 2. The topological polar surface area (TPSA) is 126 Å². The first kappa shape index (κ1) is 26.3. The summed E-state index contributed by atoms with van der Waals surface area (Å²) in [6, 6.07) is 10.4. The van der Waals surface area contributed by atoms with Crippen molar-refractivity contribution >= 4 is 17.4 Å². The van der Waals surface area contributed by atoms with Crippen LogP contribution in [0, 0.1) is 10.1 Å². The Morgan fingerprint density at radius 3 is 2.51 bits per heavy atom. The first-order valence-corrected chi connectivity index (χ1v) is 12.9. The van der Waals surface area contributed by atoms with Gasteiger partial charge in [0.05, 0.1) is 35.7 Å². The normalized spacial score (nSPS) is 20.8. The lowest BCUT2D eigenvalue weighted by Crippen LogP contribution is -2.36. The van der Waals surface area contributed by atoms with Crippen LogP contribution in [0.3, 0.4) is 0 Å². The minimum absolute atomic E-state index is 0.0731. The second-order valence-corrected chi connectivity index (χ2v) is 9.94. The lowest BCUT2D eigenvalue weighted by atomic mass is 9.71. The van der Waals surface area contributed by atoms with Crippen molar-refractivity contribution in [2.24, 2.45) is 0 Å². The molecule has 0 bridgehead atoms. The molecule has 2 aromatic rings. The number of esters is 1. The van der Waals surface area contributed by atoms with Crippen LogP contribution in [0.15, 0.2) is 58.9 Å². The summed E-state index contributed by atoms with van der Waals surface area (Å²) in [5.74, 6) is -0.642. The zero-order valence-electron chi connectivity index (χ0n) is 22.2. The van der Waals surface area contributed by atoms with Gasteiger partial charge in [-0.1, -0.05) is 19.1 Å². The summed E-state index contributed by atoms with van der Waals surface area (Å²) in [5, 5.41) is 15.5. The van der Waals surface area contributed by atoms with Crippen molar-refractivity contribution in [3.63, 3.8) is 0 Å². The molecule has 3 aliphatic rings. The molecule has 0 fully saturated rings. The summed E-state index contributed by atoms with van der Waals surface area (Å²) < 4.78 is 21.8. The van der Waals surface area contributed by atoms with Crippen LogP contribution in [-0.4, -0.2) is 36.7 Å².